The molecule has 0 aliphatic carbocycles. The number of thiophene rings is 1. The van der Waals surface area contributed by atoms with Crippen molar-refractivity contribution in [1.82, 2.24) is 5.32 Å². The molecule has 3 aromatic rings. The van der Waals surface area contributed by atoms with Gasteiger partial charge in [0, 0.05) is 9.58 Å². The van der Waals surface area contributed by atoms with Crippen molar-refractivity contribution in [2.75, 3.05) is 14.2 Å². The van der Waals surface area contributed by atoms with Crippen molar-refractivity contribution in [2.24, 2.45) is 0 Å². The summed E-state index contributed by atoms with van der Waals surface area (Å²) in [6, 6.07) is 15.0. The molecule has 108 valence electrons. The van der Waals surface area contributed by atoms with Crippen molar-refractivity contribution in [3.63, 3.8) is 0 Å². The summed E-state index contributed by atoms with van der Waals surface area (Å²) >= 11 is 1.68. The fourth-order valence-electron chi connectivity index (χ4n) is 2.47. The van der Waals surface area contributed by atoms with Gasteiger partial charge < -0.3 is 10.1 Å². The third-order valence-corrected chi connectivity index (χ3v) is 4.68. The molecule has 0 spiro atoms. The summed E-state index contributed by atoms with van der Waals surface area (Å²) in [7, 11) is 3.59. The van der Waals surface area contributed by atoms with Crippen molar-refractivity contribution < 1.29 is 9.13 Å². The number of benzene rings is 2. The quantitative estimate of drug-likeness (QED) is 0.773. The predicted octanol–water partition coefficient (Wildman–Crippen LogP) is 4.36. The highest BCUT2D eigenvalue weighted by Gasteiger charge is 2.15. The lowest BCUT2D eigenvalue weighted by molar-refractivity contribution is 0.414. The van der Waals surface area contributed by atoms with E-state index in [0.717, 1.165) is 26.3 Å². The molecule has 0 aliphatic heterocycles. The molecule has 0 saturated heterocycles. The van der Waals surface area contributed by atoms with Crippen LogP contribution in [0.5, 0.6) is 5.75 Å². The molecule has 0 bridgehead atoms. The highest BCUT2D eigenvalue weighted by atomic mass is 32.1. The Kier molecular flexibility index (Phi) is 3.90. The van der Waals surface area contributed by atoms with Crippen LogP contribution in [0.15, 0.2) is 48.5 Å². The predicted molar refractivity (Wildman–Crippen MR) is 85.7 cm³/mol. The maximum absolute atomic E-state index is 13.3. The molecule has 1 N–H and O–H groups in total. The van der Waals surface area contributed by atoms with Gasteiger partial charge in [0.15, 0.2) is 0 Å². The van der Waals surface area contributed by atoms with E-state index >= 15 is 0 Å². The van der Waals surface area contributed by atoms with Crippen molar-refractivity contribution in [3.8, 4) is 5.75 Å². The first-order valence-electron chi connectivity index (χ1n) is 6.71. The first kappa shape index (κ1) is 14.0. The van der Waals surface area contributed by atoms with E-state index in [1.807, 2.05) is 37.4 Å². The van der Waals surface area contributed by atoms with Crippen LogP contribution in [-0.2, 0) is 0 Å². The van der Waals surface area contributed by atoms with Crippen LogP contribution >= 0.6 is 11.3 Å². The number of hydrogen-bond acceptors (Lipinski definition) is 3. The van der Waals surface area contributed by atoms with Crippen LogP contribution in [0.2, 0.25) is 0 Å². The van der Waals surface area contributed by atoms with E-state index in [9.17, 15) is 4.39 Å². The van der Waals surface area contributed by atoms with Crippen LogP contribution in [0.4, 0.5) is 4.39 Å². The Labute approximate surface area is 127 Å². The number of ether oxygens (including phenoxy) is 1. The monoisotopic (exact) mass is 301 g/mol. The second kappa shape index (κ2) is 5.84. The third kappa shape index (κ3) is 2.77. The SMILES string of the molecule is CNC(c1cccc(OC)c1)c1cc2cc(F)ccc2s1. The minimum absolute atomic E-state index is 0.0700. The lowest BCUT2D eigenvalue weighted by atomic mass is 10.0. The van der Waals surface area contributed by atoms with Crippen LogP contribution in [0.1, 0.15) is 16.5 Å². The normalized spacial score (nSPS) is 12.5. The van der Waals surface area contributed by atoms with Gasteiger partial charge in [-0.3, -0.25) is 0 Å². The van der Waals surface area contributed by atoms with Crippen LogP contribution in [0, 0.1) is 5.82 Å². The van der Waals surface area contributed by atoms with Gasteiger partial charge in [0.1, 0.15) is 11.6 Å². The highest BCUT2D eigenvalue weighted by Crippen LogP contribution is 2.34. The van der Waals surface area contributed by atoms with E-state index in [0.29, 0.717) is 0 Å². The Balaban J connectivity index is 2.04. The van der Waals surface area contributed by atoms with Crippen molar-refractivity contribution in [1.29, 1.82) is 0 Å². The Bertz CT molecular complexity index is 768. The second-order valence-corrected chi connectivity index (χ2v) is 5.94. The largest absolute Gasteiger partial charge is 0.497 e. The van der Waals surface area contributed by atoms with Gasteiger partial charge in [-0.2, -0.15) is 0 Å². The molecule has 0 aliphatic rings. The van der Waals surface area contributed by atoms with Crippen molar-refractivity contribution in [2.45, 2.75) is 6.04 Å². The molecule has 0 fully saturated rings. The third-order valence-electron chi connectivity index (χ3n) is 3.50. The maximum atomic E-state index is 13.3. The maximum Gasteiger partial charge on any atom is 0.123 e. The first-order chi connectivity index (χ1) is 10.2. The standard InChI is InChI=1S/C17H16FNOS/c1-19-17(11-4-3-5-14(9-11)20-2)16-10-12-8-13(18)6-7-15(12)21-16/h3-10,17,19H,1-2H3. The van der Waals surface area contributed by atoms with Gasteiger partial charge >= 0.3 is 0 Å². The molecule has 3 rings (SSSR count). The molecule has 2 aromatic carbocycles. The average Bonchev–Trinajstić information content (AvgIpc) is 2.91. The van der Waals surface area contributed by atoms with Gasteiger partial charge in [-0.15, -0.1) is 11.3 Å². The molecular formula is C17H16FNOS. The lowest BCUT2D eigenvalue weighted by Gasteiger charge is -2.15. The van der Waals surface area contributed by atoms with E-state index in [-0.39, 0.29) is 11.9 Å². The van der Waals surface area contributed by atoms with E-state index in [4.69, 9.17) is 4.74 Å². The number of methoxy groups -OCH3 is 1. The molecule has 1 atom stereocenters. The smallest absolute Gasteiger partial charge is 0.123 e. The fourth-order valence-corrected chi connectivity index (χ4v) is 3.65. The summed E-state index contributed by atoms with van der Waals surface area (Å²) in [5.41, 5.74) is 1.13. The number of fused-ring (bicyclic) bond motifs is 1. The summed E-state index contributed by atoms with van der Waals surface area (Å²) in [4.78, 5) is 1.16. The molecule has 0 radical (unpaired) electrons. The fraction of sp³-hybridized carbons (Fsp3) is 0.176. The lowest BCUT2D eigenvalue weighted by Crippen LogP contribution is -2.16. The zero-order valence-corrected chi connectivity index (χ0v) is 12.7. The topological polar surface area (TPSA) is 21.3 Å². The molecule has 0 amide bonds. The molecule has 1 heterocycles. The highest BCUT2D eigenvalue weighted by molar-refractivity contribution is 7.19. The van der Waals surface area contributed by atoms with Gasteiger partial charge in [0.2, 0.25) is 0 Å². The van der Waals surface area contributed by atoms with E-state index in [1.165, 1.54) is 6.07 Å². The van der Waals surface area contributed by atoms with Crippen LogP contribution < -0.4 is 10.1 Å². The van der Waals surface area contributed by atoms with Gasteiger partial charge in [-0.1, -0.05) is 12.1 Å². The van der Waals surface area contributed by atoms with Crippen molar-refractivity contribution >= 4 is 21.4 Å². The molecule has 4 heteroatoms. The molecule has 21 heavy (non-hydrogen) atoms. The van der Waals surface area contributed by atoms with E-state index in [2.05, 4.69) is 11.4 Å². The minimum Gasteiger partial charge on any atom is -0.497 e. The number of rotatable bonds is 4. The Morgan fingerprint density at radius 2 is 2.00 bits per heavy atom. The van der Waals surface area contributed by atoms with Crippen LogP contribution in [-0.4, -0.2) is 14.2 Å². The number of hydrogen-bond donors (Lipinski definition) is 1. The zero-order chi connectivity index (χ0) is 14.8. The molecule has 1 unspecified atom stereocenters. The van der Waals surface area contributed by atoms with E-state index in [1.54, 1.807) is 24.5 Å². The zero-order valence-electron chi connectivity index (χ0n) is 11.9. The first-order valence-corrected chi connectivity index (χ1v) is 7.53. The summed E-state index contributed by atoms with van der Waals surface area (Å²) in [5.74, 6) is 0.633. The summed E-state index contributed by atoms with van der Waals surface area (Å²) in [5, 5.41) is 4.27. The summed E-state index contributed by atoms with van der Waals surface area (Å²) in [6.07, 6.45) is 0. The Hall–Kier alpha value is -1.91. The van der Waals surface area contributed by atoms with Crippen LogP contribution in [0.3, 0.4) is 0 Å². The summed E-state index contributed by atoms with van der Waals surface area (Å²) < 4.78 is 19.7. The van der Waals surface area contributed by atoms with Gasteiger partial charge in [-0.05, 0) is 54.4 Å². The van der Waals surface area contributed by atoms with Gasteiger partial charge in [0.25, 0.3) is 0 Å². The second-order valence-electron chi connectivity index (χ2n) is 4.83. The van der Waals surface area contributed by atoms with Gasteiger partial charge in [0.05, 0.1) is 13.2 Å². The molecular weight excluding hydrogens is 285 g/mol. The Morgan fingerprint density at radius 3 is 2.76 bits per heavy atom. The summed E-state index contributed by atoms with van der Waals surface area (Å²) in [6.45, 7) is 0. The number of halogens is 1. The molecule has 0 saturated carbocycles. The average molecular weight is 301 g/mol. The molecule has 1 aromatic heterocycles. The van der Waals surface area contributed by atoms with Gasteiger partial charge in [-0.25, -0.2) is 4.39 Å². The van der Waals surface area contributed by atoms with E-state index < -0.39 is 0 Å². The molecule has 2 nitrogen and oxygen atoms in total. The Morgan fingerprint density at radius 1 is 1.14 bits per heavy atom. The van der Waals surface area contributed by atoms with Crippen molar-refractivity contribution in [3.05, 3.63) is 64.8 Å². The number of nitrogens with one attached hydrogen (secondary N) is 1. The minimum atomic E-state index is -0.200. The van der Waals surface area contributed by atoms with Crippen LogP contribution in [0.25, 0.3) is 10.1 Å².